The molecule has 105 heavy (non-hydrogen) atoms. The third-order valence-corrected chi connectivity index (χ3v) is 21.7. The van der Waals surface area contributed by atoms with E-state index in [0.29, 0.717) is 12.8 Å². The fourth-order valence-electron chi connectivity index (χ4n) is 14.8. The van der Waals surface area contributed by atoms with E-state index in [4.69, 9.17) is 28.4 Å². The van der Waals surface area contributed by atoms with Gasteiger partial charge in [0.15, 0.2) is 18.9 Å². The maximum atomic E-state index is 13.5. The van der Waals surface area contributed by atoms with Gasteiger partial charge >= 0.3 is 0 Å². The first-order valence-electron chi connectivity index (χ1n) is 43.4. The zero-order chi connectivity index (χ0) is 76.0. The van der Waals surface area contributed by atoms with Crippen molar-refractivity contribution in [3.05, 3.63) is 48.6 Å². The lowest BCUT2D eigenvalue weighted by Gasteiger charge is -2.48. The lowest BCUT2D eigenvalue weighted by Crippen LogP contribution is -2.66. The van der Waals surface area contributed by atoms with Crippen LogP contribution in [0.3, 0.4) is 0 Å². The summed E-state index contributed by atoms with van der Waals surface area (Å²) in [6, 6.07) is -0.886. The van der Waals surface area contributed by atoms with Crippen LogP contribution in [-0.4, -0.2) is 193 Å². The van der Waals surface area contributed by atoms with Crippen molar-refractivity contribution in [2.45, 2.75) is 465 Å². The Morgan fingerprint density at radius 2 is 0.657 bits per heavy atom. The molecule has 3 aliphatic heterocycles. The molecule has 17 unspecified atom stereocenters. The number of carbonyl (C=O) groups is 1. The fraction of sp³-hybridized carbons (Fsp3) is 0.895. The van der Waals surface area contributed by atoms with Gasteiger partial charge in [-0.1, -0.05) is 351 Å². The topological polar surface area (TPSA) is 307 Å². The number of unbranched alkanes of at least 4 members (excludes halogenated alkanes) is 46. The number of ether oxygens (including phenoxy) is 6. The van der Waals surface area contributed by atoms with Crippen molar-refractivity contribution in [1.29, 1.82) is 0 Å². The molecule has 0 aromatic carbocycles. The quantitative estimate of drug-likeness (QED) is 0.0199. The van der Waals surface area contributed by atoms with Crippen LogP contribution in [0.1, 0.15) is 361 Å². The van der Waals surface area contributed by atoms with Gasteiger partial charge in [0.2, 0.25) is 5.91 Å². The standard InChI is InChI=1S/C86H159NO18/c1-3-5-7-9-11-13-15-17-19-21-23-24-25-26-27-28-29-30-31-32-33-34-35-36-37-38-39-40-41-42-43-44-46-48-50-52-54-56-58-60-62-64-74(92)87-69(70(91)63-61-59-57-55-53-51-49-47-45-22-20-18-16-14-12-10-8-6-4-2)68-100-84-80(98)77(95)82(72(66-89)102-84)105-86-81(99)78(96)83(73(67-90)103-86)104-85-79(97)76(94)75(93)71(65-88)101-85/h5,7,11,13,17,19,23-24,69-73,75-86,88-91,93-99H,3-4,6,8-10,12,14-16,18,20-22,25-68H2,1-2H3,(H,87,92)/b7-5-,13-11-,19-17-,24-23-. The molecule has 12 N–H and O–H groups in total. The van der Waals surface area contributed by atoms with Gasteiger partial charge in [-0.25, -0.2) is 0 Å². The molecule has 0 spiro atoms. The van der Waals surface area contributed by atoms with E-state index < -0.39 is 124 Å². The molecule has 1 amide bonds. The fourth-order valence-corrected chi connectivity index (χ4v) is 14.8. The van der Waals surface area contributed by atoms with E-state index in [1.165, 1.54) is 257 Å². The van der Waals surface area contributed by atoms with Crippen LogP contribution in [0.2, 0.25) is 0 Å². The Morgan fingerprint density at radius 1 is 0.352 bits per heavy atom. The van der Waals surface area contributed by atoms with Crippen LogP contribution in [0.4, 0.5) is 0 Å². The molecule has 3 fully saturated rings. The van der Waals surface area contributed by atoms with Crippen molar-refractivity contribution in [1.82, 2.24) is 5.32 Å². The molecule has 0 bridgehead atoms. The minimum Gasteiger partial charge on any atom is -0.394 e. The molecule has 0 aliphatic carbocycles. The SMILES string of the molecule is CC/C=C\C/C=C\C/C=C\C/C=C\CCCCCCCCCCCCCCCCCCCCCCCCCCCCCCC(=O)NC(COC1OC(CO)C(OC2OC(CO)C(OC3OC(CO)C(O)C(O)C3O)C(O)C2O)C(O)C1O)C(O)CCCCCCCCCCCCCCCCCCCCC. The highest BCUT2D eigenvalue weighted by atomic mass is 16.8. The molecule has 0 radical (unpaired) electrons. The minimum absolute atomic E-state index is 0.235. The first-order chi connectivity index (χ1) is 51.3. The number of rotatable bonds is 70. The van der Waals surface area contributed by atoms with Crippen LogP contribution in [0.25, 0.3) is 0 Å². The molecule has 19 heteroatoms. The highest BCUT2D eigenvalue weighted by Gasteiger charge is 2.54. The zero-order valence-electron chi connectivity index (χ0n) is 66.2. The molecular formula is C86H159NO18. The third kappa shape index (κ3) is 45.8. The smallest absolute Gasteiger partial charge is 0.220 e. The van der Waals surface area contributed by atoms with Crippen molar-refractivity contribution in [2.75, 3.05) is 26.4 Å². The van der Waals surface area contributed by atoms with E-state index in [0.717, 1.165) is 70.6 Å². The average molecular weight is 1500 g/mol. The third-order valence-electron chi connectivity index (χ3n) is 21.7. The first kappa shape index (κ1) is 96.9. The second kappa shape index (κ2) is 66.4. The van der Waals surface area contributed by atoms with Crippen molar-refractivity contribution in [3.8, 4) is 0 Å². The van der Waals surface area contributed by atoms with Crippen LogP contribution < -0.4 is 5.32 Å². The van der Waals surface area contributed by atoms with E-state index in [-0.39, 0.29) is 18.9 Å². The number of hydrogen-bond donors (Lipinski definition) is 12. The Labute approximate surface area is 637 Å². The van der Waals surface area contributed by atoms with E-state index in [2.05, 4.69) is 67.8 Å². The summed E-state index contributed by atoms with van der Waals surface area (Å²) in [4.78, 5) is 13.5. The molecule has 3 rings (SSSR count). The Hall–Kier alpha value is -2.25. The lowest BCUT2D eigenvalue weighted by molar-refractivity contribution is -0.379. The van der Waals surface area contributed by atoms with Crippen molar-refractivity contribution < 1.29 is 89.4 Å². The molecule has 616 valence electrons. The summed E-state index contributed by atoms with van der Waals surface area (Å²) in [5.41, 5.74) is 0. The van der Waals surface area contributed by atoms with Gasteiger partial charge in [0, 0.05) is 6.42 Å². The predicted molar refractivity (Wildman–Crippen MR) is 420 cm³/mol. The molecule has 3 aliphatic rings. The second-order valence-electron chi connectivity index (χ2n) is 31.0. The van der Waals surface area contributed by atoms with E-state index in [1.54, 1.807) is 0 Å². The van der Waals surface area contributed by atoms with Crippen LogP contribution in [0, 0.1) is 0 Å². The number of amides is 1. The van der Waals surface area contributed by atoms with Crippen LogP contribution >= 0.6 is 0 Å². The van der Waals surface area contributed by atoms with Crippen LogP contribution in [-0.2, 0) is 33.2 Å². The number of nitrogens with one attached hydrogen (secondary N) is 1. The molecule has 3 heterocycles. The van der Waals surface area contributed by atoms with Gasteiger partial charge in [0.25, 0.3) is 0 Å². The van der Waals surface area contributed by atoms with Crippen LogP contribution in [0.5, 0.6) is 0 Å². The second-order valence-corrected chi connectivity index (χ2v) is 31.0. The zero-order valence-corrected chi connectivity index (χ0v) is 66.2. The maximum Gasteiger partial charge on any atom is 0.220 e. The highest BCUT2D eigenvalue weighted by molar-refractivity contribution is 5.76. The summed E-state index contributed by atoms with van der Waals surface area (Å²) in [5, 5.41) is 121. The average Bonchev–Trinajstić information content (AvgIpc) is 0.781. The number of hydrogen-bond acceptors (Lipinski definition) is 18. The number of allylic oxidation sites excluding steroid dienone is 8. The van der Waals surface area contributed by atoms with E-state index >= 15 is 0 Å². The first-order valence-corrected chi connectivity index (χ1v) is 43.4. The molecule has 0 saturated carbocycles. The molecule has 3 saturated heterocycles. The van der Waals surface area contributed by atoms with E-state index in [9.17, 15) is 61.0 Å². The predicted octanol–water partition coefficient (Wildman–Crippen LogP) is 15.6. The highest BCUT2D eigenvalue weighted by Crippen LogP contribution is 2.34. The summed E-state index contributed by atoms with van der Waals surface area (Å²) in [5.74, 6) is -0.235. The lowest BCUT2D eigenvalue weighted by atomic mass is 9.96. The van der Waals surface area contributed by atoms with E-state index in [1.807, 2.05) is 0 Å². The molecule has 0 aromatic rings. The Kier molecular flexibility index (Phi) is 61.3. The van der Waals surface area contributed by atoms with Crippen LogP contribution in [0.15, 0.2) is 48.6 Å². The number of aliphatic hydroxyl groups excluding tert-OH is 11. The summed E-state index contributed by atoms with van der Waals surface area (Å²) in [6.45, 7) is 1.74. The molecule has 0 aromatic heterocycles. The maximum absolute atomic E-state index is 13.5. The Bertz CT molecular complexity index is 2080. The summed E-state index contributed by atoms with van der Waals surface area (Å²) < 4.78 is 34.5. The Morgan fingerprint density at radius 3 is 1.03 bits per heavy atom. The number of aliphatic hydroxyl groups is 11. The normalized spacial score (nSPS) is 26.0. The van der Waals surface area contributed by atoms with Gasteiger partial charge in [-0.15, -0.1) is 0 Å². The monoisotopic (exact) mass is 1490 g/mol. The largest absolute Gasteiger partial charge is 0.394 e. The van der Waals surface area contributed by atoms with Gasteiger partial charge in [0.1, 0.15) is 73.2 Å². The summed E-state index contributed by atoms with van der Waals surface area (Å²) in [7, 11) is 0. The summed E-state index contributed by atoms with van der Waals surface area (Å²) >= 11 is 0. The molecular weight excluding hydrogens is 1330 g/mol. The van der Waals surface area contributed by atoms with Crippen molar-refractivity contribution in [3.63, 3.8) is 0 Å². The number of carbonyl (C=O) groups excluding carboxylic acids is 1. The molecule has 17 atom stereocenters. The Balaban J connectivity index is 1.28. The summed E-state index contributed by atoms with van der Waals surface area (Å²) in [6.07, 6.45) is 58.0. The van der Waals surface area contributed by atoms with Crippen molar-refractivity contribution >= 4 is 5.91 Å². The molecule has 19 nitrogen and oxygen atoms in total. The van der Waals surface area contributed by atoms with Gasteiger partial charge < -0.3 is 89.9 Å². The minimum atomic E-state index is -1.97. The van der Waals surface area contributed by atoms with Gasteiger partial charge in [0.05, 0.1) is 38.6 Å². The van der Waals surface area contributed by atoms with Gasteiger partial charge in [-0.3, -0.25) is 4.79 Å². The van der Waals surface area contributed by atoms with Gasteiger partial charge in [-0.2, -0.15) is 0 Å². The van der Waals surface area contributed by atoms with Gasteiger partial charge in [-0.05, 0) is 51.4 Å². The van der Waals surface area contributed by atoms with Crippen molar-refractivity contribution in [2.24, 2.45) is 0 Å².